The molecule has 0 fully saturated rings. The van der Waals surface area contributed by atoms with E-state index in [1.165, 1.54) is 11.1 Å². The Morgan fingerprint density at radius 2 is 2.00 bits per heavy atom. The Bertz CT molecular complexity index is 725. The van der Waals surface area contributed by atoms with E-state index in [1.54, 1.807) is 0 Å². The van der Waals surface area contributed by atoms with E-state index in [0.717, 1.165) is 24.5 Å². The molecule has 3 atom stereocenters. The van der Waals surface area contributed by atoms with E-state index in [4.69, 9.17) is 0 Å². The SMILES string of the molecule is CCC(CO)NC1=CC(NCc2ccccc2)=C2C=CN(C(C)I)C2N1C. The number of hydrogen-bond donors (Lipinski definition) is 3. The first-order valence-corrected chi connectivity index (χ1v) is 10.7. The van der Waals surface area contributed by atoms with Gasteiger partial charge in [0.1, 0.15) is 12.0 Å². The molecule has 1 aromatic rings. The summed E-state index contributed by atoms with van der Waals surface area (Å²) in [7, 11) is 2.11. The average Bonchev–Trinajstić information content (AvgIpc) is 3.13. The molecule has 0 saturated heterocycles. The predicted octanol–water partition coefficient (Wildman–Crippen LogP) is 3.11. The van der Waals surface area contributed by atoms with Crippen molar-refractivity contribution in [1.82, 2.24) is 20.4 Å². The maximum absolute atomic E-state index is 9.63. The van der Waals surface area contributed by atoms with Gasteiger partial charge in [0.15, 0.2) is 0 Å². The molecule has 27 heavy (non-hydrogen) atoms. The van der Waals surface area contributed by atoms with Gasteiger partial charge >= 0.3 is 0 Å². The number of alkyl halides is 1. The fourth-order valence-electron chi connectivity index (χ4n) is 3.47. The molecule has 0 amide bonds. The predicted molar refractivity (Wildman–Crippen MR) is 119 cm³/mol. The van der Waals surface area contributed by atoms with Crippen LogP contribution in [0.2, 0.25) is 0 Å². The molecule has 3 rings (SSSR count). The van der Waals surface area contributed by atoms with Crippen LogP contribution in [-0.4, -0.2) is 44.8 Å². The number of hydrogen-bond acceptors (Lipinski definition) is 5. The van der Waals surface area contributed by atoms with Crippen LogP contribution in [0, 0.1) is 0 Å². The van der Waals surface area contributed by atoms with Crippen LogP contribution >= 0.6 is 22.6 Å². The third-order valence-electron chi connectivity index (χ3n) is 5.13. The van der Waals surface area contributed by atoms with Gasteiger partial charge in [-0.25, -0.2) is 0 Å². The van der Waals surface area contributed by atoms with Crippen molar-refractivity contribution in [2.24, 2.45) is 0 Å². The average molecular weight is 480 g/mol. The zero-order chi connectivity index (χ0) is 19.4. The van der Waals surface area contributed by atoms with Gasteiger partial charge in [0.25, 0.3) is 0 Å². The third-order valence-corrected chi connectivity index (χ3v) is 5.77. The summed E-state index contributed by atoms with van der Waals surface area (Å²) in [4.78, 5) is 4.62. The van der Waals surface area contributed by atoms with Crippen molar-refractivity contribution in [3.63, 3.8) is 0 Å². The molecule has 146 valence electrons. The first-order chi connectivity index (χ1) is 13.0. The monoisotopic (exact) mass is 480 g/mol. The van der Waals surface area contributed by atoms with Gasteiger partial charge in [-0.3, -0.25) is 0 Å². The molecule has 0 saturated carbocycles. The number of likely N-dealkylation sites (N-methyl/N-ethyl adjacent to an activating group) is 1. The Hall–Kier alpha value is -1.67. The number of benzene rings is 1. The zero-order valence-corrected chi connectivity index (χ0v) is 18.3. The van der Waals surface area contributed by atoms with Gasteiger partial charge in [0.05, 0.1) is 16.7 Å². The summed E-state index contributed by atoms with van der Waals surface area (Å²) in [5.74, 6) is 1.03. The molecule has 0 spiro atoms. The largest absolute Gasteiger partial charge is 0.394 e. The lowest BCUT2D eigenvalue weighted by molar-refractivity contribution is 0.152. The lowest BCUT2D eigenvalue weighted by Gasteiger charge is -2.42. The number of nitrogens with one attached hydrogen (secondary N) is 2. The van der Waals surface area contributed by atoms with Crippen molar-refractivity contribution in [2.45, 2.75) is 43.1 Å². The van der Waals surface area contributed by atoms with E-state index in [9.17, 15) is 5.11 Å². The number of nitrogens with zero attached hydrogens (tertiary/aromatic N) is 2. The first kappa shape index (κ1) is 20.1. The zero-order valence-electron chi connectivity index (χ0n) is 16.2. The van der Waals surface area contributed by atoms with Gasteiger partial charge < -0.3 is 25.5 Å². The topological polar surface area (TPSA) is 50.8 Å². The molecule has 2 aliphatic rings. The van der Waals surface area contributed by atoms with Gasteiger partial charge in [-0.05, 0) is 25.0 Å². The molecular weight excluding hydrogens is 451 g/mol. The lowest BCUT2D eigenvalue weighted by Crippen LogP contribution is -2.51. The van der Waals surface area contributed by atoms with Crippen molar-refractivity contribution >= 4 is 22.6 Å². The maximum atomic E-state index is 9.63. The number of allylic oxidation sites excluding steroid dienone is 1. The highest BCUT2D eigenvalue weighted by Gasteiger charge is 2.36. The van der Waals surface area contributed by atoms with E-state index >= 15 is 0 Å². The van der Waals surface area contributed by atoms with Crippen LogP contribution in [0.3, 0.4) is 0 Å². The second kappa shape index (κ2) is 9.01. The highest BCUT2D eigenvalue weighted by Crippen LogP contribution is 2.34. The van der Waals surface area contributed by atoms with Crippen molar-refractivity contribution < 1.29 is 5.11 Å². The van der Waals surface area contributed by atoms with E-state index in [0.29, 0.717) is 4.05 Å². The molecule has 3 N–H and O–H groups in total. The Labute approximate surface area is 176 Å². The number of halogens is 1. The van der Waals surface area contributed by atoms with Crippen LogP contribution < -0.4 is 10.6 Å². The lowest BCUT2D eigenvalue weighted by atomic mass is 10.1. The third kappa shape index (κ3) is 4.43. The van der Waals surface area contributed by atoms with E-state index in [-0.39, 0.29) is 18.8 Å². The van der Waals surface area contributed by atoms with Crippen molar-refractivity contribution in [3.05, 3.63) is 71.3 Å². The minimum Gasteiger partial charge on any atom is -0.394 e. The minimum atomic E-state index is 0.0514. The van der Waals surface area contributed by atoms with Gasteiger partial charge in [0, 0.05) is 37.1 Å². The summed E-state index contributed by atoms with van der Waals surface area (Å²) in [6.07, 6.45) is 7.58. The Kier molecular flexibility index (Phi) is 6.70. The molecule has 0 aromatic heterocycles. The number of aliphatic hydroxyl groups is 1. The van der Waals surface area contributed by atoms with E-state index in [1.807, 2.05) is 6.07 Å². The summed E-state index contributed by atoms with van der Waals surface area (Å²) in [5.41, 5.74) is 3.67. The summed E-state index contributed by atoms with van der Waals surface area (Å²) in [6.45, 7) is 5.20. The van der Waals surface area contributed by atoms with E-state index in [2.05, 4.69) is 107 Å². The molecule has 5 nitrogen and oxygen atoms in total. The van der Waals surface area contributed by atoms with Crippen LogP contribution in [-0.2, 0) is 6.54 Å². The van der Waals surface area contributed by atoms with Crippen LogP contribution in [0.4, 0.5) is 0 Å². The molecule has 2 heterocycles. The fourth-order valence-corrected chi connectivity index (χ4v) is 3.96. The normalized spacial score (nSPS) is 21.1. The Morgan fingerprint density at radius 1 is 1.26 bits per heavy atom. The van der Waals surface area contributed by atoms with Gasteiger partial charge in [-0.1, -0.05) is 59.8 Å². The summed E-state index contributed by atoms with van der Waals surface area (Å²) < 4.78 is 0.373. The number of rotatable bonds is 8. The van der Waals surface area contributed by atoms with Crippen LogP contribution in [0.25, 0.3) is 0 Å². The second-order valence-corrected chi connectivity index (χ2v) is 8.79. The first-order valence-electron chi connectivity index (χ1n) is 9.48. The van der Waals surface area contributed by atoms with Crippen molar-refractivity contribution in [2.75, 3.05) is 13.7 Å². The number of fused-ring (bicyclic) bond motifs is 1. The minimum absolute atomic E-state index is 0.0514. The molecule has 0 aliphatic carbocycles. The highest BCUT2D eigenvalue weighted by atomic mass is 127. The Balaban J connectivity index is 1.88. The van der Waals surface area contributed by atoms with Gasteiger partial charge in [-0.15, -0.1) is 0 Å². The Morgan fingerprint density at radius 3 is 2.63 bits per heavy atom. The highest BCUT2D eigenvalue weighted by molar-refractivity contribution is 14.1. The fraction of sp³-hybridized carbons (Fsp3) is 0.429. The summed E-state index contributed by atoms with van der Waals surface area (Å²) in [5, 5.41) is 16.8. The quantitative estimate of drug-likeness (QED) is 0.304. The summed E-state index contributed by atoms with van der Waals surface area (Å²) >= 11 is 2.45. The van der Waals surface area contributed by atoms with Crippen molar-refractivity contribution in [1.29, 1.82) is 0 Å². The molecule has 2 aliphatic heterocycles. The molecule has 0 bridgehead atoms. The maximum Gasteiger partial charge on any atom is 0.131 e. The number of aliphatic hydroxyl groups excluding tert-OH is 1. The smallest absolute Gasteiger partial charge is 0.131 e. The summed E-state index contributed by atoms with van der Waals surface area (Å²) in [6, 6.07) is 10.5. The molecule has 1 aromatic carbocycles. The molecule has 0 radical (unpaired) electrons. The van der Waals surface area contributed by atoms with Crippen LogP contribution in [0.1, 0.15) is 25.8 Å². The van der Waals surface area contributed by atoms with Gasteiger partial charge in [0.2, 0.25) is 0 Å². The van der Waals surface area contributed by atoms with Crippen molar-refractivity contribution in [3.8, 4) is 0 Å². The molecule has 3 unspecified atom stereocenters. The molecule has 6 heteroatoms. The van der Waals surface area contributed by atoms with Gasteiger partial charge in [-0.2, -0.15) is 0 Å². The molecular formula is C21H29IN4O. The standard InChI is InChI=1S/C21H29IN4O/c1-4-17(14-27)24-20-12-19(23-13-16-8-6-5-7-9-16)18-10-11-26(15(2)22)21(18)25(20)3/h5-12,15,17,21,23-24,27H,4,13-14H2,1-3H3. The van der Waals surface area contributed by atoms with E-state index < -0.39 is 0 Å². The van der Waals surface area contributed by atoms with Crippen LogP contribution in [0.5, 0.6) is 0 Å². The second-order valence-electron chi connectivity index (χ2n) is 6.99. The van der Waals surface area contributed by atoms with Crippen LogP contribution in [0.15, 0.2) is 65.8 Å².